The average molecular weight is 206 g/mol. The maximum atomic E-state index is 12.9. The summed E-state index contributed by atoms with van der Waals surface area (Å²) in [5.41, 5.74) is 1.25. The molecule has 76 valence electrons. The lowest BCUT2D eigenvalue weighted by Crippen LogP contribution is -1.92. The molecular formula is C11H8F2N2. The molecule has 0 atom stereocenters. The van der Waals surface area contributed by atoms with E-state index in [2.05, 4.69) is 9.97 Å². The molecule has 2 nitrogen and oxygen atoms in total. The maximum Gasteiger partial charge on any atom is 0.159 e. The Bertz CT molecular complexity index is 498. The minimum Gasteiger partial charge on any atom is -0.237 e. The predicted octanol–water partition coefficient (Wildman–Crippen LogP) is 2.73. The molecular weight excluding hydrogens is 198 g/mol. The van der Waals surface area contributed by atoms with Crippen LogP contribution in [0.4, 0.5) is 8.78 Å². The summed E-state index contributed by atoms with van der Waals surface area (Å²) in [5, 5.41) is 0. The number of hydrogen-bond acceptors (Lipinski definition) is 2. The van der Waals surface area contributed by atoms with E-state index in [1.54, 1.807) is 12.3 Å². The molecule has 2 aromatic rings. The minimum absolute atomic E-state index is 0.397. The lowest BCUT2D eigenvalue weighted by molar-refractivity contribution is 0.509. The van der Waals surface area contributed by atoms with Gasteiger partial charge in [0.2, 0.25) is 0 Å². The van der Waals surface area contributed by atoms with Crippen LogP contribution < -0.4 is 0 Å². The number of aryl methyl sites for hydroxylation is 1. The van der Waals surface area contributed by atoms with Gasteiger partial charge in [-0.2, -0.15) is 0 Å². The van der Waals surface area contributed by atoms with E-state index in [9.17, 15) is 8.78 Å². The molecule has 0 fully saturated rings. The van der Waals surface area contributed by atoms with Gasteiger partial charge in [-0.15, -0.1) is 0 Å². The molecule has 0 unspecified atom stereocenters. The fourth-order valence-corrected chi connectivity index (χ4v) is 1.22. The molecule has 0 amide bonds. The molecule has 0 aliphatic carbocycles. The Morgan fingerprint density at radius 2 is 1.87 bits per heavy atom. The van der Waals surface area contributed by atoms with Gasteiger partial charge in [0.1, 0.15) is 0 Å². The van der Waals surface area contributed by atoms with Crippen LogP contribution >= 0.6 is 0 Å². The Morgan fingerprint density at radius 1 is 1.07 bits per heavy atom. The zero-order chi connectivity index (χ0) is 10.8. The summed E-state index contributed by atoms with van der Waals surface area (Å²) < 4.78 is 25.6. The summed E-state index contributed by atoms with van der Waals surface area (Å²) in [7, 11) is 0. The molecule has 4 heteroatoms. The highest BCUT2D eigenvalue weighted by Crippen LogP contribution is 2.17. The topological polar surface area (TPSA) is 25.8 Å². The molecule has 0 aliphatic heterocycles. The number of aromatic nitrogens is 2. The first-order valence-corrected chi connectivity index (χ1v) is 4.42. The second-order valence-electron chi connectivity index (χ2n) is 3.15. The largest absolute Gasteiger partial charge is 0.237 e. The van der Waals surface area contributed by atoms with Gasteiger partial charge in [-0.05, 0) is 31.2 Å². The molecule has 1 aromatic heterocycles. The van der Waals surface area contributed by atoms with Crippen LogP contribution in [0.2, 0.25) is 0 Å². The van der Waals surface area contributed by atoms with Crippen molar-refractivity contribution in [2.24, 2.45) is 0 Å². The van der Waals surface area contributed by atoms with Crippen molar-refractivity contribution in [1.29, 1.82) is 0 Å². The van der Waals surface area contributed by atoms with E-state index in [4.69, 9.17) is 0 Å². The van der Waals surface area contributed by atoms with E-state index < -0.39 is 11.6 Å². The number of halogens is 2. The maximum absolute atomic E-state index is 12.9. The van der Waals surface area contributed by atoms with Gasteiger partial charge < -0.3 is 0 Å². The van der Waals surface area contributed by atoms with E-state index in [0.717, 1.165) is 17.8 Å². The summed E-state index contributed by atoms with van der Waals surface area (Å²) >= 11 is 0. The highest BCUT2D eigenvalue weighted by molar-refractivity contribution is 5.54. The van der Waals surface area contributed by atoms with Crippen molar-refractivity contribution in [1.82, 2.24) is 9.97 Å². The van der Waals surface area contributed by atoms with Crippen LogP contribution in [0.1, 0.15) is 5.69 Å². The second kappa shape index (κ2) is 3.73. The van der Waals surface area contributed by atoms with Crippen LogP contribution in [0.3, 0.4) is 0 Å². The Hall–Kier alpha value is -1.84. The van der Waals surface area contributed by atoms with Crippen molar-refractivity contribution in [3.63, 3.8) is 0 Å². The summed E-state index contributed by atoms with van der Waals surface area (Å²) in [5.74, 6) is -1.36. The highest BCUT2D eigenvalue weighted by atomic mass is 19.2. The quantitative estimate of drug-likeness (QED) is 0.716. The standard InChI is InChI=1S/C11H8F2N2/c1-7-4-5-14-11(15-7)8-2-3-9(12)10(13)6-8/h2-6H,1H3. The predicted molar refractivity (Wildman–Crippen MR) is 52.1 cm³/mol. The molecule has 0 saturated heterocycles. The van der Waals surface area contributed by atoms with Crippen molar-refractivity contribution in [3.8, 4) is 11.4 Å². The Labute approximate surface area is 85.6 Å². The summed E-state index contributed by atoms with van der Waals surface area (Å²) in [6.07, 6.45) is 1.58. The number of nitrogens with zero attached hydrogens (tertiary/aromatic N) is 2. The van der Waals surface area contributed by atoms with Crippen molar-refractivity contribution in [3.05, 3.63) is 47.8 Å². The van der Waals surface area contributed by atoms with Crippen LogP contribution in [0.15, 0.2) is 30.5 Å². The van der Waals surface area contributed by atoms with E-state index in [1.165, 1.54) is 6.07 Å². The van der Waals surface area contributed by atoms with Gasteiger partial charge in [-0.3, -0.25) is 0 Å². The number of benzene rings is 1. The first kappa shape index (κ1) is 9.71. The Kier molecular flexibility index (Phi) is 2.41. The summed E-state index contributed by atoms with van der Waals surface area (Å²) in [4.78, 5) is 8.09. The third-order valence-corrected chi connectivity index (χ3v) is 1.97. The van der Waals surface area contributed by atoms with Crippen LogP contribution in [0.25, 0.3) is 11.4 Å². The lowest BCUT2D eigenvalue weighted by Gasteiger charge is -2.01. The second-order valence-corrected chi connectivity index (χ2v) is 3.15. The first-order chi connectivity index (χ1) is 7.16. The van der Waals surface area contributed by atoms with Crippen molar-refractivity contribution in [2.45, 2.75) is 6.92 Å². The molecule has 1 heterocycles. The number of hydrogen-bond donors (Lipinski definition) is 0. The van der Waals surface area contributed by atoms with Crippen LogP contribution in [0, 0.1) is 18.6 Å². The molecule has 0 saturated carbocycles. The molecule has 0 spiro atoms. The van der Waals surface area contributed by atoms with E-state index >= 15 is 0 Å². The van der Waals surface area contributed by atoms with E-state index in [0.29, 0.717) is 11.4 Å². The summed E-state index contributed by atoms with van der Waals surface area (Å²) in [6, 6.07) is 5.34. The van der Waals surface area contributed by atoms with E-state index in [-0.39, 0.29) is 0 Å². The van der Waals surface area contributed by atoms with E-state index in [1.807, 2.05) is 6.92 Å². The SMILES string of the molecule is Cc1ccnc(-c2ccc(F)c(F)c2)n1. The van der Waals surface area contributed by atoms with Gasteiger partial charge in [0.15, 0.2) is 17.5 Å². The smallest absolute Gasteiger partial charge is 0.159 e. The zero-order valence-electron chi connectivity index (χ0n) is 8.04. The van der Waals surface area contributed by atoms with Gasteiger partial charge in [0, 0.05) is 17.5 Å². The Morgan fingerprint density at radius 3 is 2.53 bits per heavy atom. The monoisotopic (exact) mass is 206 g/mol. The van der Waals surface area contributed by atoms with Crippen LogP contribution in [0.5, 0.6) is 0 Å². The van der Waals surface area contributed by atoms with Gasteiger partial charge in [0.25, 0.3) is 0 Å². The van der Waals surface area contributed by atoms with Gasteiger partial charge in [0.05, 0.1) is 0 Å². The third kappa shape index (κ3) is 1.98. The molecule has 0 aliphatic rings. The Balaban J connectivity index is 2.50. The van der Waals surface area contributed by atoms with Crippen LogP contribution in [-0.4, -0.2) is 9.97 Å². The lowest BCUT2D eigenvalue weighted by atomic mass is 10.2. The van der Waals surface area contributed by atoms with Crippen LogP contribution in [-0.2, 0) is 0 Å². The zero-order valence-corrected chi connectivity index (χ0v) is 8.04. The molecule has 15 heavy (non-hydrogen) atoms. The van der Waals surface area contributed by atoms with Crippen molar-refractivity contribution < 1.29 is 8.78 Å². The third-order valence-electron chi connectivity index (χ3n) is 1.97. The van der Waals surface area contributed by atoms with Gasteiger partial charge >= 0.3 is 0 Å². The molecule has 0 bridgehead atoms. The average Bonchev–Trinajstić information content (AvgIpc) is 2.22. The molecule has 2 rings (SSSR count). The molecule has 0 radical (unpaired) electrons. The highest BCUT2D eigenvalue weighted by Gasteiger charge is 2.06. The van der Waals surface area contributed by atoms with Crippen molar-refractivity contribution >= 4 is 0 Å². The molecule has 1 aromatic carbocycles. The fraction of sp³-hybridized carbons (Fsp3) is 0.0909. The summed E-state index contributed by atoms with van der Waals surface area (Å²) in [6.45, 7) is 1.81. The molecule has 0 N–H and O–H groups in total. The minimum atomic E-state index is -0.891. The first-order valence-electron chi connectivity index (χ1n) is 4.42. The van der Waals surface area contributed by atoms with Gasteiger partial charge in [-0.25, -0.2) is 18.7 Å². The number of rotatable bonds is 1. The fourth-order valence-electron chi connectivity index (χ4n) is 1.22. The van der Waals surface area contributed by atoms with Crippen molar-refractivity contribution in [2.75, 3.05) is 0 Å². The normalized spacial score (nSPS) is 10.3. The van der Waals surface area contributed by atoms with Gasteiger partial charge in [-0.1, -0.05) is 0 Å².